The highest BCUT2D eigenvalue weighted by atomic mass is 127. The number of nitrogens with zero attached hydrogens (tertiary/aromatic N) is 1. The number of amides is 1. The molecule has 1 N–H and O–H groups in total. The van der Waals surface area contributed by atoms with E-state index in [4.69, 9.17) is 9.47 Å². The quantitative estimate of drug-likeness (QED) is 0.207. The van der Waals surface area contributed by atoms with Gasteiger partial charge in [-0.1, -0.05) is 54.1 Å². The Morgan fingerprint density at radius 3 is 2.66 bits per heavy atom. The van der Waals surface area contributed by atoms with Crippen molar-refractivity contribution in [3.05, 3.63) is 42.2 Å². The molecule has 2 heterocycles. The largest absolute Gasteiger partial charge is 0.504 e. The van der Waals surface area contributed by atoms with Gasteiger partial charge >= 0.3 is 5.97 Å². The van der Waals surface area contributed by atoms with Crippen molar-refractivity contribution < 1.29 is 19.1 Å². The fraction of sp³-hybridized carbons (Fsp3) is 0.545. The number of para-hydroxylation sites is 1. The van der Waals surface area contributed by atoms with E-state index in [1.165, 1.54) is 13.4 Å². The van der Waals surface area contributed by atoms with Crippen LogP contribution in [-0.4, -0.2) is 53.5 Å². The van der Waals surface area contributed by atoms with Crippen molar-refractivity contribution in [1.82, 2.24) is 4.90 Å². The number of nitrogens with one attached hydrogen (secondary N) is 1. The zero-order chi connectivity index (χ0) is 21.0. The van der Waals surface area contributed by atoms with Crippen LogP contribution in [0, 0.1) is 11.8 Å². The third-order valence-electron chi connectivity index (χ3n) is 6.25. The van der Waals surface area contributed by atoms with Crippen molar-refractivity contribution in [3.63, 3.8) is 0 Å². The van der Waals surface area contributed by atoms with Crippen LogP contribution < -0.4 is 5.32 Å². The fourth-order valence-corrected chi connectivity index (χ4v) is 5.71. The Morgan fingerprint density at radius 2 is 2.03 bits per heavy atom. The van der Waals surface area contributed by atoms with Gasteiger partial charge in [0.1, 0.15) is 3.42 Å². The number of anilines is 1. The summed E-state index contributed by atoms with van der Waals surface area (Å²) in [6, 6.07) is 9.62. The number of ether oxygens (including phenoxy) is 2. The molecular weight excluding hydrogens is 483 g/mol. The number of alkyl halides is 1. The third-order valence-corrected chi connectivity index (χ3v) is 7.99. The zero-order valence-corrected chi connectivity index (χ0v) is 19.3. The second-order valence-corrected chi connectivity index (χ2v) is 9.68. The number of hydrogen-bond donors (Lipinski definition) is 1. The van der Waals surface area contributed by atoms with Crippen LogP contribution in [0.5, 0.6) is 0 Å². The first-order valence-corrected chi connectivity index (χ1v) is 11.1. The summed E-state index contributed by atoms with van der Waals surface area (Å²) >= 11 is 2.33. The molecular formula is C22H29IN2O4. The first-order valence-electron chi connectivity index (χ1n) is 10.0. The van der Waals surface area contributed by atoms with Crippen molar-refractivity contribution in [1.29, 1.82) is 0 Å². The van der Waals surface area contributed by atoms with E-state index < -0.39 is 3.42 Å². The molecule has 0 radical (unpaired) electrons. The topological polar surface area (TPSA) is 67.9 Å². The Bertz CT molecular complexity index is 769. The normalized spacial score (nSPS) is 29.8. The molecule has 2 aliphatic heterocycles. The number of fused-ring (bicyclic) bond motifs is 1. The Hall–Kier alpha value is -1.61. The predicted molar refractivity (Wildman–Crippen MR) is 121 cm³/mol. The summed E-state index contributed by atoms with van der Waals surface area (Å²) in [6.07, 6.45) is 3.99. The number of carbonyl (C=O) groups excluding carboxylic acids is 2. The van der Waals surface area contributed by atoms with Crippen LogP contribution in [0.25, 0.3) is 0 Å². The van der Waals surface area contributed by atoms with Gasteiger partial charge in [0.2, 0.25) is 5.91 Å². The maximum atomic E-state index is 13.3. The molecule has 1 amide bonds. The van der Waals surface area contributed by atoms with E-state index in [0.717, 1.165) is 38.0 Å². The van der Waals surface area contributed by atoms with E-state index in [-0.39, 0.29) is 23.8 Å². The van der Waals surface area contributed by atoms with Gasteiger partial charge < -0.3 is 14.8 Å². The SMILES string of the molecule is CC[C@@H]1CN2CC[C@](I)(C(=O)Nc3ccccc3)[C@@H]2C[C@@H]1/C(=C\OC)C(=O)OC. The van der Waals surface area contributed by atoms with Gasteiger partial charge in [0.15, 0.2) is 0 Å². The molecule has 0 aromatic heterocycles. The van der Waals surface area contributed by atoms with Gasteiger partial charge in [0.05, 0.1) is 26.1 Å². The number of carbonyl (C=O) groups is 2. The Balaban J connectivity index is 1.85. The number of rotatable bonds is 6. The van der Waals surface area contributed by atoms with Gasteiger partial charge in [0, 0.05) is 24.8 Å². The smallest absolute Gasteiger partial charge is 0.337 e. The van der Waals surface area contributed by atoms with E-state index in [2.05, 4.69) is 39.7 Å². The summed E-state index contributed by atoms with van der Waals surface area (Å²) in [5.74, 6) is 0.00322. The molecule has 7 heteroatoms. The lowest BCUT2D eigenvalue weighted by Gasteiger charge is -2.44. The second kappa shape index (κ2) is 9.47. The zero-order valence-electron chi connectivity index (χ0n) is 17.2. The molecule has 0 saturated carbocycles. The van der Waals surface area contributed by atoms with Gasteiger partial charge in [-0.3, -0.25) is 9.69 Å². The summed E-state index contributed by atoms with van der Waals surface area (Å²) < 4.78 is 9.68. The minimum atomic E-state index is -0.543. The third kappa shape index (κ3) is 4.45. The average Bonchev–Trinajstić information content (AvgIpc) is 3.08. The van der Waals surface area contributed by atoms with Gasteiger partial charge in [-0.15, -0.1) is 0 Å². The summed E-state index contributed by atoms with van der Waals surface area (Å²) in [5.41, 5.74) is 1.37. The summed E-state index contributed by atoms with van der Waals surface area (Å²) in [7, 11) is 2.94. The maximum absolute atomic E-state index is 13.3. The van der Waals surface area contributed by atoms with Crippen LogP contribution >= 0.6 is 22.6 Å². The van der Waals surface area contributed by atoms with E-state index in [0.29, 0.717) is 11.5 Å². The Morgan fingerprint density at radius 1 is 1.31 bits per heavy atom. The van der Waals surface area contributed by atoms with Crippen molar-refractivity contribution in [2.45, 2.75) is 35.6 Å². The minimum Gasteiger partial charge on any atom is -0.504 e. The standard InChI is InChI=1S/C22H29IN2O4/c1-4-15-13-25-11-10-22(23,21(27)24-16-8-6-5-7-9-16)19(25)12-17(15)18(14-28-2)20(26)29-3/h5-9,14-15,17,19H,4,10-13H2,1-3H3,(H,24,27)/b18-14+/t15-,17+,19+,22-/m1/s1. The number of hydrogen-bond acceptors (Lipinski definition) is 5. The van der Waals surface area contributed by atoms with Gasteiger partial charge in [-0.25, -0.2) is 4.79 Å². The average molecular weight is 512 g/mol. The molecule has 0 bridgehead atoms. The summed E-state index contributed by atoms with van der Waals surface area (Å²) in [6.45, 7) is 3.91. The Labute approximate surface area is 186 Å². The van der Waals surface area contributed by atoms with Crippen LogP contribution in [0.2, 0.25) is 0 Å². The summed E-state index contributed by atoms with van der Waals surface area (Å²) in [4.78, 5) is 28.1. The predicted octanol–water partition coefficient (Wildman–Crippen LogP) is 3.62. The molecule has 0 aliphatic carbocycles. The molecule has 2 aliphatic rings. The lowest BCUT2D eigenvalue weighted by atomic mass is 9.74. The van der Waals surface area contributed by atoms with Crippen LogP contribution in [-0.2, 0) is 19.1 Å². The summed E-state index contributed by atoms with van der Waals surface area (Å²) in [5, 5.41) is 3.08. The van der Waals surface area contributed by atoms with Crippen molar-refractivity contribution in [2.75, 3.05) is 32.6 Å². The number of methoxy groups -OCH3 is 2. The van der Waals surface area contributed by atoms with Crippen molar-refractivity contribution in [2.24, 2.45) is 11.8 Å². The lowest BCUT2D eigenvalue weighted by Crippen LogP contribution is -2.54. The van der Waals surface area contributed by atoms with Crippen molar-refractivity contribution in [3.8, 4) is 0 Å². The minimum absolute atomic E-state index is 0.00502. The van der Waals surface area contributed by atoms with Crippen LogP contribution in [0.4, 0.5) is 5.69 Å². The molecule has 0 spiro atoms. The van der Waals surface area contributed by atoms with E-state index in [9.17, 15) is 9.59 Å². The molecule has 1 aromatic carbocycles. The molecule has 6 nitrogen and oxygen atoms in total. The van der Waals surface area contributed by atoms with Crippen molar-refractivity contribution >= 4 is 40.2 Å². The second-order valence-electron chi connectivity index (χ2n) is 7.75. The molecule has 2 fully saturated rings. The van der Waals surface area contributed by atoms with Gasteiger partial charge in [0.25, 0.3) is 0 Å². The van der Waals surface area contributed by atoms with Gasteiger partial charge in [-0.2, -0.15) is 0 Å². The van der Waals surface area contributed by atoms with Crippen LogP contribution in [0.3, 0.4) is 0 Å². The monoisotopic (exact) mass is 512 g/mol. The van der Waals surface area contributed by atoms with Gasteiger partial charge in [-0.05, 0) is 36.8 Å². The highest BCUT2D eigenvalue weighted by Gasteiger charge is 2.55. The fourth-order valence-electron chi connectivity index (χ4n) is 4.68. The van der Waals surface area contributed by atoms with Crippen LogP contribution in [0.15, 0.2) is 42.2 Å². The molecule has 0 unspecified atom stereocenters. The number of piperidine rings is 1. The molecule has 1 aromatic rings. The highest BCUT2D eigenvalue weighted by molar-refractivity contribution is 14.1. The number of halogens is 1. The molecule has 3 rings (SSSR count). The lowest BCUT2D eigenvalue weighted by molar-refractivity contribution is -0.137. The first kappa shape index (κ1) is 22.1. The van der Waals surface area contributed by atoms with E-state index in [1.807, 2.05) is 30.3 Å². The number of esters is 1. The van der Waals surface area contributed by atoms with Crippen LogP contribution in [0.1, 0.15) is 26.2 Å². The van der Waals surface area contributed by atoms with E-state index >= 15 is 0 Å². The number of benzene rings is 1. The maximum Gasteiger partial charge on any atom is 0.337 e. The Kier molecular flexibility index (Phi) is 7.21. The van der Waals surface area contributed by atoms with E-state index in [1.54, 1.807) is 7.11 Å². The molecule has 29 heavy (non-hydrogen) atoms. The first-order chi connectivity index (χ1) is 13.9. The highest BCUT2D eigenvalue weighted by Crippen LogP contribution is 2.47. The molecule has 158 valence electrons. The molecule has 4 atom stereocenters. The molecule has 2 saturated heterocycles.